The molecule has 0 saturated carbocycles. The third-order valence-corrected chi connectivity index (χ3v) is 6.41. The van der Waals surface area contributed by atoms with Gasteiger partial charge in [0.1, 0.15) is 11.8 Å². The summed E-state index contributed by atoms with van der Waals surface area (Å²) in [4.78, 5) is 13.1. The van der Waals surface area contributed by atoms with Crippen molar-refractivity contribution in [3.63, 3.8) is 0 Å². The Hall–Kier alpha value is -2.58. The van der Waals surface area contributed by atoms with Gasteiger partial charge in [0, 0.05) is 10.0 Å². The van der Waals surface area contributed by atoms with Gasteiger partial charge in [-0.25, -0.2) is 8.42 Å². The van der Waals surface area contributed by atoms with Gasteiger partial charge in [0.2, 0.25) is 15.9 Å². The van der Waals surface area contributed by atoms with E-state index in [2.05, 4.69) is 10.0 Å². The van der Waals surface area contributed by atoms with Crippen LogP contribution in [0.3, 0.4) is 0 Å². The minimum atomic E-state index is -3.98. The summed E-state index contributed by atoms with van der Waals surface area (Å²) in [7, 11) is -2.52. The number of ether oxygens (including phenoxy) is 1. The molecule has 2 N–H and O–H groups in total. The van der Waals surface area contributed by atoms with Gasteiger partial charge in [-0.2, -0.15) is 4.72 Å². The Morgan fingerprint density at radius 1 is 0.968 bits per heavy atom. The van der Waals surface area contributed by atoms with E-state index in [4.69, 9.17) is 27.9 Å². The number of amides is 1. The SMILES string of the molecule is COc1ccc(Cl)cc1NC(=O)[C@@H](Cc1ccccc1)NS(=O)(=O)c1ccc(Cl)cc1. The largest absolute Gasteiger partial charge is 0.495 e. The molecule has 3 aromatic carbocycles. The average Bonchev–Trinajstić information content (AvgIpc) is 2.74. The lowest BCUT2D eigenvalue weighted by atomic mass is 10.1. The van der Waals surface area contributed by atoms with Crippen molar-refractivity contribution in [1.82, 2.24) is 4.72 Å². The fourth-order valence-electron chi connectivity index (χ4n) is 2.90. The molecule has 0 aromatic heterocycles. The lowest BCUT2D eigenvalue weighted by molar-refractivity contribution is -0.117. The van der Waals surface area contributed by atoms with Crippen LogP contribution in [-0.2, 0) is 21.2 Å². The average molecular weight is 479 g/mol. The van der Waals surface area contributed by atoms with E-state index >= 15 is 0 Å². The van der Waals surface area contributed by atoms with Crippen LogP contribution in [0.2, 0.25) is 10.0 Å². The Morgan fingerprint density at radius 2 is 1.61 bits per heavy atom. The number of sulfonamides is 1. The molecule has 0 aliphatic carbocycles. The van der Waals surface area contributed by atoms with Gasteiger partial charge in [0.05, 0.1) is 17.7 Å². The zero-order valence-corrected chi connectivity index (χ0v) is 18.8. The van der Waals surface area contributed by atoms with E-state index in [1.165, 1.54) is 37.4 Å². The van der Waals surface area contributed by atoms with Gasteiger partial charge in [0.25, 0.3) is 0 Å². The van der Waals surface area contributed by atoms with Crippen LogP contribution in [0.25, 0.3) is 0 Å². The molecule has 0 bridgehead atoms. The minimum Gasteiger partial charge on any atom is -0.495 e. The third kappa shape index (κ3) is 6.21. The highest BCUT2D eigenvalue weighted by Crippen LogP contribution is 2.28. The van der Waals surface area contributed by atoms with Crippen molar-refractivity contribution in [1.29, 1.82) is 0 Å². The smallest absolute Gasteiger partial charge is 0.243 e. The minimum absolute atomic E-state index is 0.00287. The molecule has 0 fully saturated rings. The van der Waals surface area contributed by atoms with Crippen LogP contribution in [0.4, 0.5) is 5.69 Å². The van der Waals surface area contributed by atoms with Crippen LogP contribution in [0.15, 0.2) is 77.7 Å². The molecule has 0 aliphatic heterocycles. The number of hydrogen-bond acceptors (Lipinski definition) is 4. The lowest BCUT2D eigenvalue weighted by Gasteiger charge is -2.20. The monoisotopic (exact) mass is 478 g/mol. The lowest BCUT2D eigenvalue weighted by Crippen LogP contribution is -2.45. The molecule has 0 saturated heterocycles. The third-order valence-electron chi connectivity index (χ3n) is 4.44. The number of carbonyl (C=O) groups is 1. The Morgan fingerprint density at radius 3 is 2.26 bits per heavy atom. The van der Waals surface area contributed by atoms with E-state index in [0.29, 0.717) is 21.5 Å². The highest BCUT2D eigenvalue weighted by Gasteiger charge is 2.27. The number of methoxy groups -OCH3 is 1. The molecule has 1 atom stereocenters. The summed E-state index contributed by atoms with van der Waals surface area (Å²) < 4.78 is 33.5. The number of halogens is 2. The zero-order chi connectivity index (χ0) is 22.4. The summed E-state index contributed by atoms with van der Waals surface area (Å²) in [6.45, 7) is 0. The van der Waals surface area contributed by atoms with E-state index in [-0.39, 0.29) is 11.3 Å². The molecule has 0 unspecified atom stereocenters. The standard InChI is InChI=1S/C22H20Cl2N2O4S/c1-30-21-12-9-17(24)14-19(21)25-22(27)20(13-15-5-3-2-4-6-15)26-31(28,29)18-10-7-16(23)8-11-18/h2-12,14,20,26H,13H2,1H3,(H,25,27)/t20-/m1/s1. The molecule has 0 heterocycles. The second-order valence-electron chi connectivity index (χ2n) is 6.65. The van der Waals surface area contributed by atoms with Crippen LogP contribution >= 0.6 is 23.2 Å². The molecule has 31 heavy (non-hydrogen) atoms. The van der Waals surface area contributed by atoms with E-state index < -0.39 is 22.0 Å². The number of anilines is 1. The number of carbonyl (C=O) groups excluding carboxylic acids is 1. The predicted molar refractivity (Wildman–Crippen MR) is 122 cm³/mol. The van der Waals surface area contributed by atoms with E-state index in [0.717, 1.165) is 5.56 Å². The van der Waals surface area contributed by atoms with Gasteiger partial charge in [-0.05, 0) is 54.4 Å². The molecule has 162 valence electrons. The van der Waals surface area contributed by atoms with Crippen molar-refractivity contribution < 1.29 is 17.9 Å². The highest BCUT2D eigenvalue weighted by atomic mass is 35.5. The zero-order valence-electron chi connectivity index (χ0n) is 16.5. The Kier molecular flexibility index (Phi) is 7.56. The first-order valence-corrected chi connectivity index (χ1v) is 11.5. The molecule has 9 heteroatoms. The number of hydrogen-bond donors (Lipinski definition) is 2. The van der Waals surface area contributed by atoms with Crippen molar-refractivity contribution in [2.45, 2.75) is 17.4 Å². The van der Waals surface area contributed by atoms with Crippen LogP contribution in [-0.4, -0.2) is 27.5 Å². The van der Waals surface area contributed by atoms with Crippen LogP contribution in [0.5, 0.6) is 5.75 Å². The molecular formula is C22H20Cl2N2O4S. The Bertz CT molecular complexity index is 1150. The summed E-state index contributed by atoms with van der Waals surface area (Å²) in [5.41, 5.74) is 1.13. The first-order valence-electron chi connectivity index (χ1n) is 9.25. The van der Waals surface area contributed by atoms with Crippen LogP contribution in [0.1, 0.15) is 5.56 Å². The van der Waals surface area contributed by atoms with Crippen molar-refractivity contribution in [2.75, 3.05) is 12.4 Å². The molecule has 6 nitrogen and oxygen atoms in total. The van der Waals surface area contributed by atoms with Crippen LogP contribution in [0, 0.1) is 0 Å². The summed E-state index contributed by atoms with van der Waals surface area (Å²) in [6.07, 6.45) is 0.141. The van der Waals surface area contributed by atoms with Gasteiger partial charge in [-0.15, -0.1) is 0 Å². The molecule has 0 spiro atoms. The van der Waals surface area contributed by atoms with Gasteiger partial charge < -0.3 is 10.1 Å². The Labute approximate surface area is 191 Å². The maximum atomic E-state index is 13.1. The number of benzene rings is 3. The topological polar surface area (TPSA) is 84.5 Å². The quantitative estimate of drug-likeness (QED) is 0.497. The van der Waals surface area contributed by atoms with Gasteiger partial charge in [-0.3, -0.25) is 4.79 Å². The van der Waals surface area contributed by atoms with Gasteiger partial charge >= 0.3 is 0 Å². The fourth-order valence-corrected chi connectivity index (χ4v) is 4.40. The molecular weight excluding hydrogens is 459 g/mol. The van der Waals surface area contributed by atoms with Crippen molar-refractivity contribution in [3.05, 3.63) is 88.4 Å². The molecule has 0 aliphatic rings. The van der Waals surface area contributed by atoms with E-state index in [1.54, 1.807) is 12.1 Å². The number of rotatable bonds is 8. The second kappa shape index (κ2) is 10.2. The van der Waals surface area contributed by atoms with E-state index in [9.17, 15) is 13.2 Å². The first-order chi connectivity index (χ1) is 14.8. The van der Waals surface area contributed by atoms with Crippen molar-refractivity contribution >= 4 is 44.8 Å². The molecule has 3 rings (SSSR count). The summed E-state index contributed by atoms with van der Waals surface area (Å²) >= 11 is 11.9. The van der Waals surface area contributed by atoms with Crippen LogP contribution < -0.4 is 14.8 Å². The normalized spacial score (nSPS) is 12.2. The number of nitrogens with one attached hydrogen (secondary N) is 2. The fraction of sp³-hybridized carbons (Fsp3) is 0.136. The second-order valence-corrected chi connectivity index (χ2v) is 9.24. The summed E-state index contributed by atoms with van der Waals surface area (Å²) in [5, 5.41) is 3.52. The van der Waals surface area contributed by atoms with Crippen molar-refractivity contribution in [3.8, 4) is 5.75 Å². The maximum absolute atomic E-state index is 13.1. The Balaban J connectivity index is 1.90. The predicted octanol–water partition coefficient (Wildman–Crippen LogP) is 4.53. The van der Waals surface area contributed by atoms with Gasteiger partial charge in [-0.1, -0.05) is 53.5 Å². The summed E-state index contributed by atoms with van der Waals surface area (Å²) in [5.74, 6) is -0.154. The van der Waals surface area contributed by atoms with Crippen molar-refractivity contribution in [2.24, 2.45) is 0 Å². The first kappa shape index (κ1) is 23.1. The van der Waals surface area contributed by atoms with E-state index in [1.807, 2.05) is 30.3 Å². The van der Waals surface area contributed by atoms with Gasteiger partial charge in [0.15, 0.2) is 0 Å². The highest BCUT2D eigenvalue weighted by molar-refractivity contribution is 7.89. The molecule has 1 amide bonds. The maximum Gasteiger partial charge on any atom is 0.243 e. The summed E-state index contributed by atoms with van der Waals surface area (Å²) in [6, 6.07) is 18.5. The molecule has 0 radical (unpaired) electrons. The molecule has 3 aromatic rings.